The molecular weight excluding hydrogens is 316 g/mol. The largest absolute Gasteiger partial charge is 0.463 e. The zero-order valence-corrected chi connectivity index (χ0v) is 12.8. The Hall–Kier alpha value is -2.20. The number of aliphatic hydroxyl groups excluding tert-OH is 1. The molecule has 1 heterocycles. The first-order valence-electron chi connectivity index (χ1n) is 6.66. The predicted octanol–water partition coefficient (Wildman–Crippen LogP) is -1.33. The summed E-state index contributed by atoms with van der Waals surface area (Å²) in [5.74, 6) is -2.11. The molecule has 0 aromatic heterocycles. The zero-order valence-electron chi connectivity index (χ0n) is 12.8. The van der Waals surface area contributed by atoms with Crippen LogP contribution in [0, 0.1) is 0 Å². The molecule has 10 heteroatoms. The van der Waals surface area contributed by atoms with Crippen molar-refractivity contribution in [3.05, 3.63) is 0 Å². The molecule has 0 aromatic carbocycles. The highest BCUT2D eigenvalue weighted by Gasteiger charge is 2.51. The first-order valence-corrected chi connectivity index (χ1v) is 6.66. The molecule has 0 saturated carbocycles. The van der Waals surface area contributed by atoms with Gasteiger partial charge in [-0.1, -0.05) is 0 Å². The van der Waals surface area contributed by atoms with E-state index in [-0.39, 0.29) is 13.1 Å². The van der Waals surface area contributed by atoms with Crippen molar-refractivity contribution in [2.24, 2.45) is 0 Å². The molecule has 0 radical (unpaired) electrons. The fraction of sp³-hybridized carbons (Fsp3) is 0.692. The summed E-state index contributed by atoms with van der Waals surface area (Å²) in [5, 5.41) is 9.89. The summed E-state index contributed by atoms with van der Waals surface area (Å²) in [4.78, 5) is 44.0. The highest BCUT2D eigenvalue weighted by molar-refractivity contribution is 5.68. The molecule has 23 heavy (non-hydrogen) atoms. The molecular formula is C13H18O10. The van der Waals surface area contributed by atoms with E-state index in [0.29, 0.717) is 0 Å². The Morgan fingerprint density at radius 1 is 1.00 bits per heavy atom. The summed E-state index contributed by atoms with van der Waals surface area (Å²) in [6.07, 6.45) is -6.77. The van der Waals surface area contributed by atoms with Gasteiger partial charge in [0.2, 0.25) is 0 Å². The minimum absolute atomic E-state index is 0.0327. The second-order valence-electron chi connectivity index (χ2n) is 4.71. The van der Waals surface area contributed by atoms with E-state index >= 15 is 0 Å². The van der Waals surface area contributed by atoms with Crippen LogP contribution >= 0.6 is 0 Å². The van der Waals surface area contributed by atoms with Gasteiger partial charge in [0.05, 0.1) is 0 Å². The van der Waals surface area contributed by atoms with Crippen molar-refractivity contribution in [3.8, 4) is 0 Å². The van der Waals surface area contributed by atoms with Gasteiger partial charge in [-0.25, -0.2) is 0 Å². The Bertz CT molecular complexity index is 462. The molecule has 0 amide bonds. The van der Waals surface area contributed by atoms with Gasteiger partial charge in [-0.2, -0.15) is 0 Å². The van der Waals surface area contributed by atoms with Gasteiger partial charge in [0.1, 0.15) is 12.7 Å². The van der Waals surface area contributed by atoms with Crippen LogP contribution in [0.1, 0.15) is 20.8 Å². The van der Waals surface area contributed by atoms with Crippen LogP contribution in [0.15, 0.2) is 0 Å². The van der Waals surface area contributed by atoms with E-state index in [1.54, 1.807) is 0 Å². The minimum Gasteiger partial charge on any atom is -0.463 e. The summed E-state index contributed by atoms with van der Waals surface area (Å²) >= 11 is 0. The number of rotatable bonds is 6. The third kappa shape index (κ3) is 5.49. The molecule has 1 saturated heterocycles. The smallest absolute Gasteiger partial charge is 0.303 e. The minimum atomic E-state index is -1.67. The van der Waals surface area contributed by atoms with Crippen LogP contribution in [-0.4, -0.2) is 66.8 Å². The van der Waals surface area contributed by atoms with Crippen LogP contribution < -0.4 is 0 Å². The lowest BCUT2D eigenvalue weighted by atomic mass is 9.98. The van der Waals surface area contributed by atoms with Gasteiger partial charge in [-0.3, -0.25) is 19.2 Å². The number of carbonyl (C=O) groups is 4. The first-order chi connectivity index (χ1) is 10.8. The molecule has 10 nitrogen and oxygen atoms in total. The summed E-state index contributed by atoms with van der Waals surface area (Å²) < 4.78 is 24.6. The fourth-order valence-electron chi connectivity index (χ4n) is 2.10. The average Bonchev–Trinajstić information content (AvgIpc) is 2.42. The molecule has 0 aliphatic carbocycles. The molecule has 130 valence electrons. The third-order valence-corrected chi connectivity index (χ3v) is 2.88. The lowest BCUT2D eigenvalue weighted by Gasteiger charge is -2.42. The van der Waals surface area contributed by atoms with E-state index in [1.165, 1.54) is 0 Å². The Labute approximate surface area is 131 Å². The van der Waals surface area contributed by atoms with E-state index in [9.17, 15) is 24.3 Å². The average molecular weight is 334 g/mol. The Balaban J connectivity index is 3.06. The molecule has 1 rings (SSSR count). The molecule has 5 atom stereocenters. The van der Waals surface area contributed by atoms with Crippen molar-refractivity contribution in [1.29, 1.82) is 0 Å². The van der Waals surface area contributed by atoms with Crippen molar-refractivity contribution in [1.82, 2.24) is 0 Å². The predicted molar refractivity (Wildman–Crippen MR) is 69.6 cm³/mol. The van der Waals surface area contributed by atoms with E-state index in [2.05, 4.69) is 4.74 Å². The van der Waals surface area contributed by atoms with Crippen molar-refractivity contribution >= 4 is 24.4 Å². The van der Waals surface area contributed by atoms with Crippen LogP contribution in [0.25, 0.3) is 0 Å². The van der Waals surface area contributed by atoms with E-state index in [4.69, 9.17) is 18.9 Å². The van der Waals surface area contributed by atoms with Gasteiger partial charge < -0.3 is 28.8 Å². The number of hydrogen-bond acceptors (Lipinski definition) is 10. The van der Waals surface area contributed by atoms with E-state index in [1.807, 2.05) is 0 Å². The topological polar surface area (TPSA) is 135 Å². The van der Waals surface area contributed by atoms with E-state index in [0.717, 1.165) is 20.8 Å². The summed E-state index contributed by atoms with van der Waals surface area (Å²) in [6.45, 7) is 3.02. The zero-order chi connectivity index (χ0) is 17.6. The van der Waals surface area contributed by atoms with Gasteiger partial charge >= 0.3 is 17.9 Å². The second kappa shape index (κ2) is 8.44. The van der Waals surface area contributed by atoms with Crippen LogP contribution in [0.2, 0.25) is 0 Å². The molecule has 0 aromatic rings. The standard InChI is InChI=1S/C13H18O10/c1-6(15)19-4-9-10(21-7(2)16)11(22-8(3)17)12(20-5-14)13(18)23-9/h5,9-13,18H,4H2,1-3H3. The van der Waals surface area contributed by atoms with Gasteiger partial charge in [-0.15, -0.1) is 0 Å². The normalized spacial score (nSPS) is 30.0. The quantitative estimate of drug-likeness (QED) is 0.353. The fourth-order valence-corrected chi connectivity index (χ4v) is 2.10. The Kier molecular flexibility index (Phi) is 6.91. The van der Waals surface area contributed by atoms with Crippen molar-refractivity contribution in [2.75, 3.05) is 6.61 Å². The van der Waals surface area contributed by atoms with Crippen LogP contribution in [0.5, 0.6) is 0 Å². The summed E-state index contributed by atoms with van der Waals surface area (Å²) in [6, 6.07) is 0. The molecule has 1 N–H and O–H groups in total. The van der Waals surface area contributed by atoms with Crippen LogP contribution in [0.4, 0.5) is 0 Å². The van der Waals surface area contributed by atoms with Crippen molar-refractivity contribution in [3.63, 3.8) is 0 Å². The van der Waals surface area contributed by atoms with Gasteiger partial charge in [0.25, 0.3) is 6.47 Å². The number of ether oxygens (including phenoxy) is 5. The number of aliphatic hydroxyl groups is 1. The summed E-state index contributed by atoms with van der Waals surface area (Å²) in [5.41, 5.74) is 0. The molecule has 1 aliphatic rings. The van der Waals surface area contributed by atoms with Crippen LogP contribution in [0.3, 0.4) is 0 Å². The third-order valence-electron chi connectivity index (χ3n) is 2.88. The van der Waals surface area contributed by atoms with Gasteiger partial charge in [-0.05, 0) is 0 Å². The van der Waals surface area contributed by atoms with Crippen molar-refractivity contribution in [2.45, 2.75) is 51.5 Å². The SMILES string of the molecule is CC(=O)OCC1OC(O)C(OC=O)C(OC(C)=O)C1OC(C)=O. The molecule has 1 aliphatic heterocycles. The van der Waals surface area contributed by atoms with Crippen LogP contribution in [-0.2, 0) is 42.9 Å². The maximum atomic E-state index is 11.3. The highest BCUT2D eigenvalue weighted by atomic mass is 16.7. The van der Waals surface area contributed by atoms with Crippen molar-refractivity contribution < 1.29 is 48.0 Å². The maximum Gasteiger partial charge on any atom is 0.303 e. The number of carbonyl (C=O) groups excluding carboxylic acids is 4. The van der Waals surface area contributed by atoms with E-state index < -0.39 is 48.6 Å². The lowest BCUT2D eigenvalue weighted by molar-refractivity contribution is -0.294. The molecule has 5 unspecified atom stereocenters. The highest BCUT2D eigenvalue weighted by Crippen LogP contribution is 2.27. The molecule has 0 spiro atoms. The maximum absolute atomic E-state index is 11.3. The van der Waals surface area contributed by atoms with Gasteiger partial charge in [0.15, 0.2) is 24.6 Å². The second-order valence-corrected chi connectivity index (χ2v) is 4.71. The molecule has 1 fully saturated rings. The summed E-state index contributed by atoms with van der Waals surface area (Å²) in [7, 11) is 0. The monoisotopic (exact) mass is 334 g/mol. The molecule has 0 bridgehead atoms. The lowest BCUT2D eigenvalue weighted by Crippen LogP contribution is -2.62. The Morgan fingerprint density at radius 2 is 1.57 bits per heavy atom. The number of esters is 3. The van der Waals surface area contributed by atoms with Gasteiger partial charge in [0, 0.05) is 20.8 Å². The number of hydrogen-bond donors (Lipinski definition) is 1. The Morgan fingerprint density at radius 3 is 2.04 bits per heavy atom. The first kappa shape index (κ1) is 18.8.